The Labute approximate surface area is 135 Å². The normalized spacial score (nSPS) is 17.0. The first-order valence-electron chi connectivity index (χ1n) is 7.83. The van der Waals surface area contributed by atoms with Gasteiger partial charge >= 0.3 is 0 Å². The zero-order chi connectivity index (χ0) is 16.7. The number of hydrazine groups is 1. The van der Waals surface area contributed by atoms with Crippen LogP contribution in [0.4, 0.5) is 5.95 Å². The highest BCUT2D eigenvalue weighted by Gasteiger charge is 2.40. The van der Waals surface area contributed by atoms with Crippen LogP contribution in [0.1, 0.15) is 44.2 Å². The number of anilines is 1. The number of rotatable bonds is 6. The smallest absolute Gasteiger partial charge is 0.246 e. The van der Waals surface area contributed by atoms with Gasteiger partial charge in [-0.2, -0.15) is 0 Å². The molecule has 2 amide bonds. The number of carbonyl (C=O) groups excluding carboxylic acids is 2. The van der Waals surface area contributed by atoms with Gasteiger partial charge in [0.15, 0.2) is 0 Å². The molecule has 1 aromatic rings. The van der Waals surface area contributed by atoms with Crippen LogP contribution in [0.25, 0.3) is 0 Å². The molecule has 1 fully saturated rings. The van der Waals surface area contributed by atoms with E-state index in [-0.39, 0.29) is 12.5 Å². The summed E-state index contributed by atoms with van der Waals surface area (Å²) < 4.78 is 0. The molecule has 1 aromatic heterocycles. The fourth-order valence-electron chi connectivity index (χ4n) is 2.96. The van der Waals surface area contributed by atoms with Crippen molar-refractivity contribution in [1.29, 1.82) is 0 Å². The molecule has 126 valence electrons. The van der Waals surface area contributed by atoms with Gasteiger partial charge in [-0.1, -0.05) is 25.7 Å². The van der Waals surface area contributed by atoms with Gasteiger partial charge in [0.2, 0.25) is 18.3 Å². The van der Waals surface area contributed by atoms with Crippen molar-refractivity contribution in [1.82, 2.24) is 20.5 Å². The molecule has 1 aliphatic carbocycles. The highest BCUT2D eigenvalue weighted by atomic mass is 16.5. The molecule has 1 aliphatic rings. The second-order valence-electron chi connectivity index (χ2n) is 6.00. The highest BCUT2D eigenvalue weighted by Crippen LogP contribution is 2.35. The van der Waals surface area contributed by atoms with Crippen molar-refractivity contribution in [3.63, 3.8) is 0 Å². The van der Waals surface area contributed by atoms with Gasteiger partial charge in [-0.25, -0.2) is 15.0 Å². The summed E-state index contributed by atoms with van der Waals surface area (Å²) in [6.07, 6.45) is 7.06. The summed E-state index contributed by atoms with van der Waals surface area (Å²) in [6, 6.07) is 1.76. The van der Waals surface area contributed by atoms with Crippen LogP contribution in [0.2, 0.25) is 0 Å². The first-order valence-corrected chi connectivity index (χ1v) is 7.83. The summed E-state index contributed by atoms with van der Waals surface area (Å²) in [5.41, 5.74) is 5.31. The lowest BCUT2D eigenvalue weighted by Crippen LogP contribution is -2.49. The number of nitrogens with one attached hydrogen (secondary N) is 2. The predicted molar refractivity (Wildman–Crippen MR) is 83.2 cm³/mol. The summed E-state index contributed by atoms with van der Waals surface area (Å²) in [5, 5.41) is 10.1. The summed E-state index contributed by atoms with van der Waals surface area (Å²) in [4.78, 5) is 31.6. The van der Waals surface area contributed by atoms with E-state index in [2.05, 4.69) is 20.8 Å². The lowest BCUT2D eigenvalue weighted by molar-refractivity contribution is -0.161. The SMILES string of the molecule is Cc1ccnc(NNC(=O)C2(CN(O)C=O)CCCCCC2)n1. The van der Waals surface area contributed by atoms with Crippen LogP contribution in [-0.2, 0) is 9.59 Å². The largest absolute Gasteiger partial charge is 0.286 e. The molecule has 0 aliphatic heterocycles. The molecule has 1 heterocycles. The molecule has 8 nitrogen and oxygen atoms in total. The number of hydrogen-bond donors (Lipinski definition) is 3. The maximum absolute atomic E-state index is 12.7. The van der Waals surface area contributed by atoms with Crippen molar-refractivity contribution in [2.75, 3.05) is 12.0 Å². The van der Waals surface area contributed by atoms with Crippen molar-refractivity contribution >= 4 is 18.3 Å². The van der Waals surface area contributed by atoms with Crippen LogP contribution in [0.15, 0.2) is 12.3 Å². The fourth-order valence-corrected chi connectivity index (χ4v) is 2.96. The molecule has 3 N–H and O–H groups in total. The minimum Gasteiger partial charge on any atom is -0.286 e. The van der Waals surface area contributed by atoms with Crippen LogP contribution in [-0.4, -0.2) is 39.1 Å². The summed E-state index contributed by atoms with van der Waals surface area (Å²) in [5.74, 6) is 0.0452. The lowest BCUT2D eigenvalue weighted by Gasteiger charge is -2.32. The van der Waals surface area contributed by atoms with Crippen molar-refractivity contribution in [3.05, 3.63) is 18.0 Å². The van der Waals surface area contributed by atoms with Gasteiger partial charge in [0, 0.05) is 11.9 Å². The molecular weight excluding hydrogens is 298 g/mol. The molecule has 2 rings (SSSR count). The zero-order valence-corrected chi connectivity index (χ0v) is 13.3. The minimum atomic E-state index is -0.803. The second-order valence-corrected chi connectivity index (χ2v) is 6.00. The Kier molecular flexibility index (Phi) is 5.86. The fraction of sp³-hybridized carbons (Fsp3) is 0.600. The number of aromatic nitrogens is 2. The van der Waals surface area contributed by atoms with E-state index in [1.165, 1.54) is 0 Å². The van der Waals surface area contributed by atoms with E-state index in [0.29, 0.717) is 30.3 Å². The van der Waals surface area contributed by atoms with Crippen molar-refractivity contribution in [3.8, 4) is 0 Å². The Balaban J connectivity index is 2.07. The van der Waals surface area contributed by atoms with E-state index in [4.69, 9.17) is 0 Å². The molecule has 1 saturated carbocycles. The zero-order valence-electron chi connectivity index (χ0n) is 13.3. The van der Waals surface area contributed by atoms with Gasteiger partial charge in [0.05, 0.1) is 12.0 Å². The molecule has 0 spiro atoms. The van der Waals surface area contributed by atoms with Gasteiger partial charge in [0.25, 0.3) is 0 Å². The number of hydrogen-bond acceptors (Lipinski definition) is 6. The summed E-state index contributed by atoms with van der Waals surface area (Å²) in [6.45, 7) is 1.81. The summed E-state index contributed by atoms with van der Waals surface area (Å²) >= 11 is 0. The van der Waals surface area contributed by atoms with Crippen LogP contribution in [0, 0.1) is 12.3 Å². The standard InChI is InChI=1S/C15H23N5O3/c1-12-6-9-16-14(17-12)19-18-13(22)15(10-20(23)11-21)7-4-2-3-5-8-15/h6,9,11,23H,2-5,7-8,10H2,1H3,(H,18,22)(H,16,17,19). The van der Waals surface area contributed by atoms with Crippen LogP contribution in [0.5, 0.6) is 0 Å². The molecule has 0 radical (unpaired) electrons. The molecule has 8 heteroatoms. The Hall–Kier alpha value is -2.22. The third kappa shape index (κ3) is 4.62. The molecule has 0 saturated heterocycles. The summed E-state index contributed by atoms with van der Waals surface area (Å²) in [7, 11) is 0. The monoisotopic (exact) mass is 321 g/mol. The van der Waals surface area contributed by atoms with E-state index in [1.54, 1.807) is 12.3 Å². The first-order chi connectivity index (χ1) is 11.1. The Morgan fingerprint density at radius 3 is 2.70 bits per heavy atom. The van der Waals surface area contributed by atoms with Gasteiger partial charge in [-0.3, -0.25) is 25.6 Å². The molecule has 0 bridgehead atoms. The van der Waals surface area contributed by atoms with E-state index < -0.39 is 5.41 Å². The minimum absolute atomic E-state index is 0.0152. The van der Waals surface area contributed by atoms with E-state index in [9.17, 15) is 14.8 Å². The molecule has 0 aromatic carbocycles. The molecule has 23 heavy (non-hydrogen) atoms. The Morgan fingerprint density at radius 2 is 2.09 bits per heavy atom. The number of amides is 2. The van der Waals surface area contributed by atoms with Gasteiger partial charge in [-0.05, 0) is 25.8 Å². The van der Waals surface area contributed by atoms with Gasteiger partial charge < -0.3 is 0 Å². The van der Waals surface area contributed by atoms with Crippen molar-refractivity contribution < 1.29 is 14.8 Å². The van der Waals surface area contributed by atoms with Gasteiger partial charge in [0.1, 0.15) is 0 Å². The Morgan fingerprint density at radius 1 is 1.39 bits per heavy atom. The third-order valence-corrected chi connectivity index (χ3v) is 4.21. The lowest BCUT2D eigenvalue weighted by atomic mass is 9.79. The average Bonchev–Trinajstić information content (AvgIpc) is 2.79. The topological polar surface area (TPSA) is 107 Å². The van der Waals surface area contributed by atoms with Gasteiger partial charge in [-0.15, -0.1) is 0 Å². The number of nitrogens with zero attached hydrogens (tertiary/aromatic N) is 3. The molecular formula is C15H23N5O3. The van der Waals surface area contributed by atoms with Crippen LogP contribution in [0.3, 0.4) is 0 Å². The van der Waals surface area contributed by atoms with E-state index >= 15 is 0 Å². The third-order valence-electron chi connectivity index (χ3n) is 4.21. The maximum atomic E-state index is 12.7. The van der Waals surface area contributed by atoms with Crippen LogP contribution < -0.4 is 10.9 Å². The predicted octanol–water partition coefficient (Wildman–Crippen LogP) is 1.42. The Bertz CT molecular complexity index is 544. The average molecular weight is 321 g/mol. The molecule has 0 unspecified atom stereocenters. The maximum Gasteiger partial charge on any atom is 0.246 e. The number of carbonyl (C=O) groups is 2. The van der Waals surface area contributed by atoms with Crippen molar-refractivity contribution in [2.45, 2.75) is 45.4 Å². The highest BCUT2D eigenvalue weighted by molar-refractivity contribution is 5.84. The van der Waals surface area contributed by atoms with E-state index in [0.717, 1.165) is 31.4 Å². The first kappa shape index (κ1) is 17.1. The number of aryl methyl sites for hydroxylation is 1. The number of hydroxylamine groups is 2. The quantitative estimate of drug-likeness (QED) is 0.316. The van der Waals surface area contributed by atoms with E-state index in [1.807, 2.05) is 6.92 Å². The molecule has 0 atom stereocenters. The van der Waals surface area contributed by atoms with Crippen molar-refractivity contribution in [2.24, 2.45) is 5.41 Å². The van der Waals surface area contributed by atoms with Crippen LogP contribution >= 0.6 is 0 Å². The second kappa shape index (κ2) is 7.87.